The third kappa shape index (κ3) is 6.94. The number of hydrogen-bond donors (Lipinski definition) is 1. The third-order valence-corrected chi connectivity index (χ3v) is 3.44. The van der Waals surface area contributed by atoms with Crippen molar-refractivity contribution in [3.8, 4) is 0 Å². The maximum absolute atomic E-state index is 11.2. The van der Waals surface area contributed by atoms with Crippen LogP contribution in [-0.4, -0.2) is 70.0 Å². The Labute approximate surface area is 141 Å². The van der Waals surface area contributed by atoms with Crippen molar-refractivity contribution in [3.05, 3.63) is 35.4 Å². The predicted octanol–water partition coefficient (Wildman–Crippen LogP) is 1.35. The summed E-state index contributed by atoms with van der Waals surface area (Å²) < 4.78 is 27.6. The minimum absolute atomic E-state index is 0.210. The largest absolute Gasteiger partial charge is 0.478 e. The van der Waals surface area contributed by atoms with Crippen molar-refractivity contribution in [3.63, 3.8) is 0 Å². The molecule has 0 bridgehead atoms. The number of hydrogen-bond acceptors (Lipinski definition) is 6. The molecule has 1 aromatic carbocycles. The summed E-state index contributed by atoms with van der Waals surface area (Å²) in [7, 11) is 0. The molecule has 24 heavy (non-hydrogen) atoms. The molecule has 1 unspecified atom stereocenters. The summed E-state index contributed by atoms with van der Waals surface area (Å²) in [6.07, 6.45) is -0.231. The predicted molar refractivity (Wildman–Crippen MR) is 85.3 cm³/mol. The van der Waals surface area contributed by atoms with Gasteiger partial charge < -0.3 is 28.8 Å². The van der Waals surface area contributed by atoms with Crippen LogP contribution in [0.25, 0.3) is 0 Å². The quantitative estimate of drug-likeness (QED) is 0.866. The molecule has 0 aliphatic carbocycles. The maximum Gasteiger partial charge on any atom is 0.336 e. The first kappa shape index (κ1) is 18.8. The second kappa shape index (κ2) is 11.1. The van der Waals surface area contributed by atoms with Gasteiger partial charge in [0.15, 0.2) is 0 Å². The fraction of sp³-hybridized carbons (Fsp3) is 0.588. The van der Waals surface area contributed by atoms with Crippen molar-refractivity contribution in [2.24, 2.45) is 0 Å². The Morgan fingerprint density at radius 2 is 1.71 bits per heavy atom. The molecule has 1 atom stereocenters. The maximum atomic E-state index is 11.2. The van der Waals surface area contributed by atoms with E-state index in [1.807, 2.05) is 0 Å². The second-order valence-corrected chi connectivity index (χ2v) is 5.27. The Kier molecular flexibility index (Phi) is 8.72. The van der Waals surface area contributed by atoms with Crippen LogP contribution in [0.3, 0.4) is 0 Å². The summed E-state index contributed by atoms with van der Waals surface area (Å²) in [4.78, 5) is 11.2. The zero-order valence-electron chi connectivity index (χ0n) is 13.6. The van der Waals surface area contributed by atoms with Gasteiger partial charge in [-0.2, -0.15) is 0 Å². The zero-order valence-corrected chi connectivity index (χ0v) is 13.6. The molecule has 1 heterocycles. The van der Waals surface area contributed by atoms with Crippen LogP contribution in [0, 0.1) is 0 Å². The normalized spacial score (nSPS) is 20.8. The van der Waals surface area contributed by atoms with Gasteiger partial charge in [0.25, 0.3) is 0 Å². The molecule has 0 spiro atoms. The van der Waals surface area contributed by atoms with Crippen LogP contribution < -0.4 is 0 Å². The lowest BCUT2D eigenvalue weighted by atomic mass is 10.1. The second-order valence-electron chi connectivity index (χ2n) is 5.27. The zero-order chi connectivity index (χ0) is 17.0. The van der Waals surface area contributed by atoms with E-state index in [1.165, 1.54) is 0 Å². The van der Waals surface area contributed by atoms with Crippen LogP contribution in [0.15, 0.2) is 24.3 Å². The third-order valence-electron chi connectivity index (χ3n) is 3.44. The molecule has 0 aromatic heterocycles. The Hall–Kier alpha value is -1.51. The summed E-state index contributed by atoms with van der Waals surface area (Å²) >= 11 is 0. The highest BCUT2D eigenvalue weighted by atomic mass is 16.6. The van der Waals surface area contributed by atoms with Gasteiger partial charge >= 0.3 is 5.97 Å². The molecule has 1 aromatic rings. The van der Waals surface area contributed by atoms with E-state index >= 15 is 0 Å². The van der Waals surface area contributed by atoms with Crippen LogP contribution in [0.2, 0.25) is 0 Å². The monoisotopic (exact) mass is 340 g/mol. The number of carboxylic acids is 1. The van der Waals surface area contributed by atoms with Crippen molar-refractivity contribution in [1.29, 1.82) is 0 Å². The minimum Gasteiger partial charge on any atom is -0.478 e. The number of carboxylic acid groups (broad SMARTS) is 1. The lowest BCUT2D eigenvalue weighted by Gasteiger charge is -2.19. The highest BCUT2D eigenvalue weighted by molar-refractivity contribution is 5.89. The van der Waals surface area contributed by atoms with E-state index in [0.717, 1.165) is 0 Å². The van der Waals surface area contributed by atoms with E-state index in [4.69, 9.17) is 28.8 Å². The van der Waals surface area contributed by atoms with E-state index in [0.29, 0.717) is 58.4 Å². The molecule has 1 saturated heterocycles. The van der Waals surface area contributed by atoms with E-state index in [2.05, 4.69) is 0 Å². The molecule has 2 rings (SSSR count). The van der Waals surface area contributed by atoms with Gasteiger partial charge in [-0.15, -0.1) is 0 Å². The Morgan fingerprint density at radius 3 is 2.46 bits per heavy atom. The summed E-state index contributed by atoms with van der Waals surface area (Å²) in [6, 6.07) is 6.79. The molecule has 1 N–H and O–H groups in total. The molecular weight excluding hydrogens is 316 g/mol. The minimum atomic E-state index is -0.961. The molecule has 0 amide bonds. The van der Waals surface area contributed by atoms with Crippen LogP contribution in [-0.2, 0) is 30.3 Å². The molecule has 1 fully saturated rings. The molecule has 0 saturated carbocycles. The Balaban J connectivity index is 1.79. The molecule has 7 heteroatoms. The van der Waals surface area contributed by atoms with E-state index in [9.17, 15) is 4.79 Å². The van der Waals surface area contributed by atoms with Crippen LogP contribution >= 0.6 is 0 Å². The fourth-order valence-corrected chi connectivity index (χ4v) is 2.23. The fourth-order valence-electron chi connectivity index (χ4n) is 2.23. The standard InChI is InChI=1S/C17H24O7/c18-17(19)16-4-2-1-3-14(16)11-23-13-15-12-22-8-7-20-5-6-21-9-10-24-15/h1-4,15H,5-13H2,(H,18,19). The average Bonchev–Trinajstić information content (AvgIpc) is 2.57. The van der Waals surface area contributed by atoms with Crippen LogP contribution in [0.5, 0.6) is 0 Å². The SMILES string of the molecule is O=C(O)c1ccccc1COCC1COCCOCCOCCO1. The molecule has 7 nitrogen and oxygen atoms in total. The van der Waals surface area contributed by atoms with Gasteiger partial charge in [-0.05, 0) is 11.6 Å². The van der Waals surface area contributed by atoms with Crippen molar-refractivity contribution in [2.75, 3.05) is 52.9 Å². The van der Waals surface area contributed by atoms with E-state index in [1.54, 1.807) is 24.3 Å². The van der Waals surface area contributed by atoms with Crippen molar-refractivity contribution >= 4 is 5.97 Å². The smallest absolute Gasteiger partial charge is 0.336 e. The van der Waals surface area contributed by atoms with Gasteiger partial charge in [0.2, 0.25) is 0 Å². The topological polar surface area (TPSA) is 83.5 Å². The van der Waals surface area contributed by atoms with Gasteiger partial charge in [0.1, 0.15) is 6.10 Å². The molecule has 1 aliphatic heterocycles. The van der Waals surface area contributed by atoms with Gasteiger partial charge in [0.05, 0.1) is 65.0 Å². The highest BCUT2D eigenvalue weighted by Gasteiger charge is 2.13. The van der Waals surface area contributed by atoms with Crippen LogP contribution in [0.1, 0.15) is 15.9 Å². The van der Waals surface area contributed by atoms with E-state index in [-0.39, 0.29) is 18.3 Å². The molecule has 134 valence electrons. The number of benzene rings is 1. The summed E-state index contributed by atoms with van der Waals surface area (Å²) in [6.45, 7) is 3.95. The molecule has 0 radical (unpaired) electrons. The average molecular weight is 340 g/mol. The number of aromatic carboxylic acids is 1. The van der Waals surface area contributed by atoms with Crippen molar-refractivity contribution in [2.45, 2.75) is 12.7 Å². The highest BCUT2D eigenvalue weighted by Crippen LogP contribution is 2.10. The lowest BCUT2D eigenvalue weighted by Crippen LogP contribution is -2.29. The van der Waals surface area contributed by atoms with Gasteiger partial charge in [0, 0.05) is 0 Å². The molecule has 1 aliphatic rings. The Morgan fingerprint density at radius 1 is 1.04 bits per heavy atom. The first-order chi connectivity index (χ1) is 11.8. The first-order valence-electron chi connectivity index (χ1n) is 8.01. The number of rotatable bonds is 5. The summed E-state index contributed by atoms with van der Waals surface area (Å²) in [5.41, 5.74) is 0.884. The summed E-state index contributed by atoms with van der Waals surface area (Å²) in [5, 5.41) is 9.16. The number of carbonyl (C=O) groups is 1. The van der Waals surface area contributed by atoms with Gasteiger partial charge in [-0.1, -0.05) is 18.2 Å². The van der Waals surface area contributed by atoms with Gasteiger partial charge in [-0.25, -0.2) is 4.79 Å². The first-order valence-corrected chi connectivity index (χ1v) is 8.01. The Bertz CT molecular complexity index is 480. The van der Waals surface area contributed by atoms with Crippen molar-refractivity contribution in [1.82, 2.24) is 0 Å². The van der Waals surface area contributed by atoms with Crippen molar-refractivity contribution < 1.29 is 33.6 Å². The number of ether oxygens (including phenoxy) is 5. The van der Waals surface area contributed by atoms with E-state index < -0.39 is 5.97 Å². The van der Waals surface area contributed by atoms with Gasteiger partial charge in [-0.3, -0.25) is 0 Å². The van der Waals surface area contributed by atoms with Crippen LogP contribution in [0.4, 0.5) is 0 Å². The lowest BCUT2D eigenvalue weighted by molar-refractivity contribution is -0.0922. The summed E-state index contributed by atoms with van der Waals surface area (Å²) in [5.74, 6) is -0.961. The molecular formula is C17H24O7.